The third kappa shape index (κ3) is 3.66. The molecule has 0 amide bonds. The van der Waals surface area contributed by atoms with Gasteiger partial charge in [-0.1, -0.05) is 0 Å². The van der Waals surface area contributed by atoms with Gasteiger partial charge in [-0.3, -0.25) is 4.98 Å². The number of hydrogen-bond acceptors (Lipinski definition) is 4. The average molecular weight is 347 g/mol. The zero-order chi connectivity index (χ0) is 14.8. The first-order valence-corrected chi connectivity index (χ1v) is 8.12. The lowest BCUT2D eigenvalue weighted by molar-refractivity contribution is 0.675. The molecule has 1 fully saturated rings. The smallest absolute Gasteiger partial charge is 0.178 e. The van der Waals surface area contributed by atoms with E-state index in [0.717, 1.165) is 40.6 Å². The van der Waals surface area contributed by atoms with Crippen LogP contribution in [-0.2, 0) is 6.42 Å². The number of nitrogens with zero attached hydrogens (tertiary/aromatic N) is 3. The zero-order valence-corrected chi connectivity index (χ0v) is 13.9. The number of aryl methyl sites for hydroxylation is 2. The first-order valence-electron chi connectivity index (χ1n) is 7.33. The maximum atomic E-state index is 4.63. The standard InChI is InChI=1S/C16H19BrN4/c1-10-14(7-8-18-13-4-5-13)11(2)21-16(20-10)15-6-3-12(17)9-19-15/h3,6,9,13,18H,4-5,7-8H2,1-2H3. The van der Waals surface area contributed by atoms with Crippen molar-refractivity contribution in [3.8, 4) is 11.5 Å². The molecule has 1 N–H and O–H groups in total. The van der Waals surface area contributed by atoms with Crippen LogP contribution in [0.3, 0.4) is 0 Å². The molecule has 4 nitrogen and oxygen atoms in total. The van der Waals surface area contributed by atoms with Crippen LogP contribution in [0.2, 0.25) is 0 Å². The monoisotopic (exact) mass is 346 g/mol. The van der Waals surface area contributed by atoms with Gasteiger partial charge in [-0.2, -0.15) is 0 Å². The lowest BCUT2D eigenvalue weighted by Gasteiger charge is -2.11. The maximum absolute atomic E-state index is 4.63. The second-order valence-electron chi connectivity index (χ2n) is 5.54. The summed E-state index contributed by atoms with van der Waals surface area (Å²) in [5.41, 5.74) is 4.18. The molecular weight excluding hydrogens is 328 g/mol. The predicted octanol–water partition coefficient (Wildman–Crippen LogP) is 3.21. The molecule has 110 valence electrons. The third-order valence-electron chi connectivity index (χ3n) is 3.76. The Kier molecular flexibility index (Phi) is 4.31. The molecule has 0 aromatic carbocycles. The van der Waals surface area contributed by atoms with Crippen LogP contribution >= 0.6 is 15.9 Å². The van der Waals surface area contributed by atoms with Crippen molar-refractivity contribution < 1.29 is 0 Å². The molecule has 1 saturated carbocycles. The Balaban J connectivity index is 1.79. The third-order valence-corrected chi connectivity index (χ3v) is 4.23. The predicted molar refractivity (Wildman–Crippen MR) is 87.2 cm³/mol. The molecule has 2 aromatic heterocycles. The van der Waals surface area contributed by atoms with Gasteiger partial charge < -0.3 is 5.32 Å². The van der Waals surface area contributed by atoms with E-state index in [2.05, 4.69) is 50.0 Å². The summed E-state index contributed by atoms with van der Waals surface area (Å²) in [5, 5.41) is 3.54. The Hall–Kier alpha value is -1.33. The largest absolute Gasteiger partial charge is 0.314 e. The minimum atomic E-state index is 0.705. The Morgan fingerprint density at radius 2 is 1.90 bits per heavy atom. The lowest BCUT2D eigenvalue weighted by atomic mass is 10.1. The molecular formula is C16H19BrN4. The van der Waals surface area contributed by atoms with E-state index in [0.29, 0.717) is 5.82 Å². The summed E-state index contributed by atoms with van der Waals surface area (Å²) in [7, 11) is 0. The molecule has 0 aliphatic heterocycles. The van der Waals surface area contributed by atoms with Gasteiger partial charge >= 0.3 is 0 Å². The molecule has 3 rings (SSSR count). The highest BCUT2D eigenvalue weighted by Crippen LogP contribution is 2.20. The SMILES string of the molecule is Cc1nc(-c2ccc(Br)cn2)nc(C)c1CCNC1CC1. The van der Waals surface area contributed by atoms with Crippen molar-refractivity contribution in [3.63, 3.8) is 0 Å². The van der Waals surface area contributed by atoms with Crippen LogP contribution in [0, 0.1) is 13.8 Å². The summed E-state index contributed by atoms with van der Waals surface area (Å²) in [6.45, 7) is 5.12. The highest BCUT2D eigenvalue weighted by Gasteiger charge is 2.20. The molecule has 0 bridgehead atoms. The number of nitrogens with one attached hydrogen (secondary N) is 1. The number of halogens is 1. The normalized spacial score (nSPS) is 14.4. The van der Waals surface area contributed by atoms with Gasteiger partial charge in [0.1, 0.15) is 5.69 Å². The van der Waals surface area contributed by atoms with Gasteiger partial charge in [0.25, 0.3) is 0 Å². The van der Waals surface area contributed by atoms with Crippen LogP contribution < -0.4 is 5.32 Å². The van der Waals surface area contributed by atoms with Crippen molar-refractivity contribution in [2.24, 2.45) is 0 Å². The van der Waals surface area contributed by atoms with Crippen LogP contribution in [0.5, 0.6) is 0 Å². The first kappa shape index (κ1) is 14.6. The minimum absolute atomic E-state index is 0.705. The van der Waals surface area contributed by atoms with E-state index < -0.39 is 0 Å². The second kappa shape index (κ2) is 6.20. The van der Waals surface area contributed by atoms with Crippen molar-refractivity contribution >= 4 is 15.9 Å². The molecule has 0 saturated heterocycles. The molecule has 2 aromatic rings. The van der Waals surface area contributed by atoms with E-state index >= 15 is 0 Å². The van der Waals surface area contributed by atoms with Crippen LogP contribution in [0.15, 0.2) is 22.8 Å². The van der Waals surface area contributed by atoms with E-state index in [1.54, 1.807) is 6.20 Å². The van der Waals surface area contributed by atoms with Crippen LogP contribution in [0.25, 0.3) is 11.5 Å². The number of rotatable bonds is 5. The van der Waals surface area contributed by atoms with Gasteiger partial charge in [0.2, 0.25) is 0 Å². The molecule has 0 radical (unpaired) electrons. The van der Waals surface area contributed by atoms with Gasteiger partial charge in [0.15, 0.2) is 5.82 Å². The topological polar surface area (TPSA) is 50.7 Å². The highest BCUT2D eigenvalue weighted by atomic mass is 79.9. The quantitative estimate of drug-likeness (QED) is 0.902. The zero-order valence-electron chi connectivity index (χ0n) is 12.4. The number of aromatic nitrogens is 3. The van der Waals surface area contributed by atoms with Gasteiger partial charge in [0, 0.05) is 28.1 Å². The van der Waals surface area contributed by atoms with Crippen molar-refractivity contribution in [1.82, 2.24) is 20.3 Å². The molecule has 21 heavy (non-hydrogen) atoms. The summed E-state index contributed by atoms with van der Waals surface area (Å²) < 4.78 is 0.961. The van der Waals surface area contributed by atoms with Crippen LogP contribution in [-0.4, -0.2) is 27.5 Å². The van der Waals surface area contributed by atoms with E-state index in [1.165, 1.54) is 18.4 Å². The van der Waals surface area contributed by atoms with Gasteiger partial charge in [0.05, 0.1) is 0 Å². The van der Waals surface area contributed by atoms with E-state index in [1.807, 2.05) is 12.1 Å². The van der Waals surface area contributed by atoms with Gasteiger partial charge in [-0.15, -0.1) is 0 Å². The summed E-state index contributed by atoms with van der Waals surface area (Å²) >= 11 is 3.39. The second-order valence-corrected chi connectivity index (χ2v) is 6.45. The van der Waals surface area contributed by atoms with Gasteiger partial charge in [-0.05, 0) is 73.3 Å². The van der Waals surface area contributed by atoms with Crippen molar-refractivity contribution in [3.05, 3.63) is 39.8 Å². The summed E-state index contributed by atoms with van der Waals surface area (Å²) in [6.07, 6.45) is 5.41. The molecule has 0 atom stereocenters. The summed E-state index contributed by atoms with van der Waals surface area (Å²) in [4.78, 5) is 13.6. The first-order chi connectivity index (χ1) is 10.1. The Morgan fingerprint density at radius 3 is 2.48 bits per heavy atom. The Bertz CT molecular complexity index is 612. The summed E-state index contributed by atoms with van der Waals surface area (Å²) in [5.74, 6) is 0.705. The fraction of sp³-hybridized carbons (Fsp3) is 0.438. The van der Waals surface area contributed by atoms with Crippen LogP contribution in [0.4, 0.5) is 0 Å². The van der Waals surface area contributed by atoms with E-state index in [-0.39, 0.29) is 0 Å². The van der Waals surface area contributed by atoms with Gasteiger partial charge in [-0.25, -0.2) is 9.97 Å². The van der Waals surface area contributed by atoms with Crippen molar-refractivity contribution in [2.75, 3.05) is 6.54 Å². The average Bonchev–Trinajstić information content (AvgIpc) is 3.26. The number of hydrogen-bond donors (Lipinski definition) is 1. The molecule has 0 unspecified atom stereocenters. The van der Waals surface area contributed by atoms with E-state index in [9.17, 15) is 0 Å². The van der Waals surface area contributed by atoms with Crippen LogP contribution in [0.1, 0.15) is 29.8 Å². The fourth-order valence-corrected chi connectivity index (χ4v) is 2.65. The van der Waals surface area contributed by atoms with Crippen molar-refractivity contribution in [1.29, 1.82) is 0 Å². The Morgan fingerprint density at radius 1 is 1.19 bits per heavy atom. The molecule has 1 aliphatic carbocycles. The summed E-state index contributed by atoms with van der Waals surface area (Å²) in [6, 6.07) is 4.65. The number of pyridine rings is 1. The lowest BCUT2D eigenvalue weighted by Crippen LogP contribution is -2.20. The molecule has 0 spiro atoms. The maximum Gasteiger partial charge on any atom is 0.178 e. The minimum Gasteiger partial charge on any atom is -0.314 e. The highest BCUT2D eigenvalue weighted by molar-refractivity contribution is 9.10. The molecule has 5 heteroatoms. The fourth-order valence-electron chi connectivity index (χ4n) is 2.41. The Labute approximate surface area is 133 Å². The molecule has 2 heterocycles. The van der Waals surface area contributed by atoms with Crippen molar-refractivity contribution in [2.45, 2.75) is 39.2 Å². The molecule has 1 aliphatic rings. The van der Waals surface area contributed by atoms with E-state index in [4.69, 9.17) is 0 Å².